The Labute approximate surface area is 273 Å². The SMILES string of the molecule is CC[C@H](C)[C@H](N)C(=O)O[C@H](C)[C@H](N)C(=O)OC(=O)[C@@H]1CCCN1.C[C@H](N)C(=O)OC[C@H](N)C(=O)O.N=C(N)NCCC[C@H](N)C(=O)O. The van der Waals surface area contributed by atoms with E-state index in [1.807, 2.05) is 13.8 Å². The number of ether oxygens (including phenoxy) is 3. The van der Waals surface area contributed by atoms with Gasteiger partial charge in [0.1, 0.15) is 49.0 Å². The molecule has 0 aromatic heterocycles. The van der Waals surface area contributed by atoms with Crippen molar-refractivity contribution in [3.05, 3.63) is 0 Å². The molecule has 1 aliphatic rings. The quantitative estimate of drug-likeness (QED) is 0.0187. The van der Waals surface area contributed by atoms with Crippen LogP contribution in [0.3, 0.4) is 0 Å². The molecule has 0 saturated carbocycles. The standard InChI is InChI=1S/C15H27N3O5.C6H14N4O2.C6H12N2O4/c1-4-8(2)11(16)14(20)22-9(3)12(17)15(21)23-13(19)10-6-5-7-18-10;7-4(5(11)12)2-1-3-10-6(8)9;1-3(7)6(11)12-2-4(8)5(9)10/h8-12,18H,4-7,16-17H2,1-3H3;4H,1-3,7H2,(H,11,12)(H4,8,9,10);3-4H,2,7-8H2,1H3,(H,9,10)/t8-,9+,10-,11-,12-;4-;3-,4-/m000/s1. The topological polar surface area (TPSA) is 375 Å². The molecule has 0 radical (unpaired) electrons. The number of rotatable bonds is 16. The van der Waals surface area contributed by atoms with E-state index >= 15 is 0 Å². The average molecular weight is 680 g/mol. The van der Waals surface area contributed by atoms with Crippen molar-refractivity contribution < 1.29 is 53.2 Å². The molecule has 0 aliphatic carbocycles. The molecule has 20 heteroatoms. The highest BCUT2D eigenvalue weighted by molar-refractivity contribution is 5.91. The second-order valence-corrected chi connectivity index (χ2v) is 10.8. The van der Waals surface area contributed by atoms with Crippen molar-refractivity contribution in [3.8, 4) is 0 Å². The summed E-state index contributed by atoms with van der Waals surface area (Å²) in [6.07, 6.45) is 2.23. The molecule has 1 fully saturated rings. The van der Waals surface area contributed by atoms with Crippen LogP contribution in [0, 0.1) is 11.3 Å². The van der Waals surface area contributed by atoms with Crippen LogP contribution in [0.15, 0.2) is 0 Å². The minimum Gasteiger partial charge on any atom is -0.480 e. The summed E-state index contributed by atoms with van der Waals surface area (Å²) in [5.74, 6) is -5.23. The molecule has 1 aliphatic heterocycles. The maximum absolute atomic E-state index is 11.9. The van der Waals surface area contributed by atoms with Crippen LogP contribution in [0.5, 0.6) is 0 Å². The minimum atomic E-state index is -1.24. The van der Waals surface area contributed by atoms with Crippen molar-refractivity contribution in [1.82, 2.24) is 10.6 Å². The van der Waals surface area contributed by atoms with Crippen LogP contribution in [0.2, 0.25) is 0 Å². The Hall–Kier alpha value is -3.95. The highest BCUT2D eigenvalue weighted by atomic mass is 16.6. The van der Waals surface area contributed by atoms with Gasteiger partial charge in [-0.25, -0.2) is 9.59 Å². The lowest BCUT2D eigenvalue weighted by Gasteiger charge is -2.23. The van der Waals surface area contributed by atoms with E-state index in [-0.39, 0.29) is 18.5 Å². The molecule has 20 nitrogen and oxygen atoms in total. The fraction of sp³-hybridized carbons (Fsp3) is 0.741. The van der Waals surface area contributed by atoms with Gasteiger partial charge in [0.2, 0.25) is 0 Å². The predicted molar refractivity (Wildman–Crippen MR) is 168 cm³/mol. The molecule has 47 heavy (non-hydrogen) atoms. The first-order valence-corrected chi connectivity index (χ1v) is 14.9. The van der Waals surface area contributed by atoms with Crippen LogP contribution in [0.1, 0.15) is 59.8 Å². The van der Waals surface area contributed by atoms with E-state index in [1.165, 1.54) is 13.8 Å². The van der Waals surface area contributed by atoms with Gasteiger partial charge in [-0.2, -0.15) is 0 Å². The van der Waals surface area contributed by atoms with Gasteiger partial charge in [0, 0.05) is 6.54 Å². The van der Waals surface area contributed by atoms with Gasteiger partial charge in [0.05, 0.1) is 0 Å². The first-order chi connectivity index (χ1) is 21.8. The second-order valence-electron chi connectivity index (χ2n) is 10.8. The Kier molecular flexibility index (Phi) is 23.3. The van der Waals surface area contributed by atoms with Gasteiger partial charge in [-0.05, 0) is 52.0 Å². The Morgan fingerprint density at radius 2 is 1.49 bits per heavy atom. The largest absolute Gasteiger partial charge is 0.480 e. The van der Waals surface area contributed by atoms with Gasteiger partial charge >= 0.3 is 35.8 Å². The van der Waals surface area contributed by atoms with Crippen LogP contribution >= 0.6 is 0 Å². The van der Waals surface area contributed by atoms with E-state index < -0.39 is 78.2 Å². The molecule has 0 unspecified atom stereocenters. The number of carbonyl (C=O) groups excluding carboxylic acids is 4. The average Bonchev–Trinajstić information content (AvgIpc) is 3.56. The van der Waals surface area contributed by atoms with Crippen LogP contribution in [-0.2, 0) is 43.0 Å². The van der Waals surface area contributed by atoms with Gasteiger partial charge < -0.3 is 69.5 Å². The smallest absolute Gasteiger partial charge is 0.334 e. The van der Waals surface area contributed by atoms with Gasteiger partial charge in [-0.15, -0.1) is 0 Å². The second kappa shape index (κ2) is 24.3. The zero-order valence-corrected chi connectivity index (χ0v) is 27.3. The molecule has 0 bridgehead atoms. The molecule has 0 aromatic rings. The molecule has 0 aromatic carbocycles. The number of guanidine groups is 1. The lowest BCUT2D eigenvalue weighted by Crippen LogP contribution is -2.48. The van der Waals surface area contributed by atoms with Crippen molar-refractivity contribution >= 4 is 41.8 Å². The summed E-state index contributed by atoms with van der Waals surface area (Å²) in [6.45, 7) is 7.48. The third kappa shape index (κ3) is 20.7. The Balaban J connectivity index is 0. The maximum atomic E-state index is 11.9. The summed E-state index contributed by atoms with van der Waals surface area (Å²) in [7, 11) is 0. The van der Waals surface area contributed by atoms with Crippen molar-refractivity contribution in [2.45, 2.75) is 102 Å². The fourth-order valence-electron chi connectivity index (χ4n) is 3.18. The first-order valence-electron chi connectivity index (χ1n) is 14.9. The van der Waals surface area contributed by atoms with Crippen LogP contribution in [-0.4, -0.2) is 114 Å². The molecule has 17 N–H and O–H groups in total. The summed E-state index contributed by atoms with van der Waals surface area (Å²) in [6, 6.07) is -5.27. The number of nitrogens with two attached hydrogens (primary N) is 6. The molecule has 272 valence electrons. The van der Waals surface area contributed by atoms with Crippen molar-refractivity contribution in [1.29, 1.82) is 5.41 Å². The van der Waals surface area contributed by atoms with Crippen LogP contribution in [0.4, 0.5) is 0 Å². The molecule has 0 amide bonds. The number of carboxylic acids is 2. The first kappa shape index (κ1) is 45.2. The maximum Gasteiger partial charge on any atom is 0.334 e. The molecule has 0 spiro atoms. The van der Waals surface area contributed by atoms with Crippen molar-refractivity contribution in [2.24, 2.45) is 40.3 Å². The zero-order chi connectivity index (χ0) is 36.9. The van der Waals surface area contributed by atoms with Gasteiger partial charge in [0.15, 0.2) is 5.96 Å². The fourth-order valence-corrected chi connectivity index (χ4v) is 3.18. The molecule has 1 saturated heterocycles. The highest BCUT2D eigenvalue weighted by Crippen LogP contribution is 2.11. The number of carboxylic acid groups (broad SMARTS) is 2. The number of esters is 4. The van der Waals surface area contributed by atoms with Crippen molar-refractivity contribution in [3.63, 3.8) is 0 Å². The third-order valence-electron chi connectivity index (χ3n) is 6.57. The normalized spacial score (nSPS) is 18.0. The molecule has 1 rings (SSSR count). The predicted octanol–water partition coefficient (Wildman–Crippen LogP) is -3.61. The Morgan fingerprint density at radius 1 is 0.915 bits per heavy atom. The monoisotopic (exact) mass is 679 g/mol. The minimum absolute atomic E-state index is 0.0482. The van der Waals surface area contributed by atoms with Gasteiger partial charge in [-0.3, -0.25) is 24.6 Å². The number of nitrogens with one attached hydrogen (secondary N) is 3. The van der Waals surface area contributed by atoms with E-state index in [0.717, 1.165) is 12.8 Å². The van der Waals surface area contributed by atoms with E-state index in [4.69, 9.17) is 59.5 Å². The van der Waals surface area contributed by atoms with Crippen LogP contribution in [0.25, 0.3) is 0 Å². The molecule has 1 heterocycles. The lowest BCUT2D eigenvalue weighted by atomic mass is 10.0. The molecule has 8 atom stereocenters. The third-order valence-corrected chi connectivity index (χ3v) is 6.57. The van der Waals surface area contributed by atoms with E-state index in [1.54, 1.807) is 0 Å². The summed E-state index contributed by atoms with van der Waals surface area (Å²) in [5, 5.41) is 28.9. The lowest BCUT2D eigenvalue weighted by molar-refractivity contribution is -0.166. The summed E-state index contributed by atoms with van der Waals surface area (Å²) >= 11 is 0. The molecular formula is C27H53N9O11. The van der Waals surface area contributed by atoms with Gasteiger partial charge in [-0.1, -0.05) is 20.3 Å². The number of carbonyl (C=O) groups is 6. The molecular weight excluding hydrogens is 626 g/mol. The zero-order valence-electron chi connectivity index (χ0n) is 27.3. The van der Waals surface area contributed by atoms with Gasteiger partial charge in [0.25, 0.3) is 0 Å². The number of aliphatic carboxylic acids is 2. The Morgan fingerprint density at radius 3 is 1.94 bits per heavy atom. The number of hydrogen-bond donors (Lipinski definition) is 11. The van der Waals surface area contributed by atoms with E-state index in [9.17, 15) is 28.8 Å². The number of hydrogen-bond acceptors (Lipinski definition) is 16. The highest BCUT2D eigenvalue weighted by Gasteiger charge is 2.32. The van der Waals surface area contributed by atoms with Crippen LogP contribution < -0.4 is 45.0 Å². The summed E-state index contributed by atoms with van der Waals surface area (Å²) in [4.78, 5) is 66.5. The summed E-state index contributed by atoms with van der Waals surface area (Å²) in [5.41, 5.74) is 31.9. The van der Waals surface area contributed by atoms with Crippen molar-refractivity contribution in [2.75, 3.05) is 19.7 Å². The van der Waals surface area contributed by atoms with E-state index in [2.05, 4.69) is 15.4 Å². The van der Waals surface area contributed by atoms with E-state index in [0.29, 0.717) is 32.4 Å². The summed E-state index contributed by atoms with van der Waals surface area (Å²) < 4.78 is 14.3. The Bertz CT molecular complexity index is 1030.